The Bertz CT molecular complexity index is 172. The minimum atomic E-state index is -0.907. The van der Waals surface area contributed by atoms with E-state index in [1.807, 2.05) is 0 Å². The van der Waals surface area contributed by atoms with Crippen molar-refractivity contribution in [1.29, 1.82) is 0 Å². The summed E-state index contributed by atoms with van der Waals surface area (Å²) in [5.74, 6) is 0.398. The van der Waals surface area contributed by atoms with Crippen LogP contribution in [0, 0.1) is 0 Å². The van der Waals surface area contributed by atoms with Gasteiger partial charge in [0.1, 0.15) is 18.0 Å². The molecule has 0 aromatic carbocycles. The molecule has 3 heteroatoms. The zero-order valence-electron chi connectivity index (χ0n) is 5.69. The number of hydrogen-bond donors (Lipinski definition) is 2. The number of rotatable bonds is 1. The molecule has 0 saturated carbocycles. The number of methoxy groups -OCH3 is 1. The summed E-state index contributed by atoms with van der Waals surface area (Å²) in [6.07, 6.45) is 3.04. The number of allylic oxidation sites excluding steroid dienone is 2. The second kappa shape index (κ2) is 2.86. The Kier molecular flexibility index (Phi) is 2.09. The Morgan fingerprint density at radius 2 is 2.20 bits per heavy atom. The molecule has 2 atom stereocenters. The van der Waals surface area contributed by atoms with Gasteiger partial charge in [-0.15, -0.1) is 0 Å². The Morgan fingerprint density at radius 3 is 2.70 bits per heavy atom. The van der Waals surface area contributed by atoms with E-state index < -0.39 is 12.2 Å². The molecule has 0 aliphatic heterocycles. The zero-order valence-corrected chi connectivity index (χ0v) is 5.69. The van der Waals surface area contributed by atoms with Crippen LogP contribution in [-0.2, 0) is 4.74 Å². The highest BCUT2D eigenvalue weighted by molar-refractivity contribution is 5.20. The SMILES string of the molecule is COC1=CC=C[C@H](O)[C@@H]1O. The third-order valence-electron chi connectivity index (χ3n) is 1.42. The second-order valence-electron chi connectivity index (χ2n) is 2.09. The Balaban J connectivity index is 2.71. The monoisotopic (exact) mass is 142 g/mol. The van der Waals surface area contributed by atoms with Gasteiger partial charge in [0, 0.05) is 0 Å². The molecule has 0 saturated heterocycles. The van der Waals surface area contributed by atoms with E-state index in [1.165, 1.54) is 13.2 Å². The van der Waals surface area contributed by atoms with E-state index in [9.17, 15) is 0 Å². The first-order valence-corrected chi connectivity index (χ1v) is 3.04. The van der Waals surface area contributed by atoms with E-state index in [0.29, 0.717) is 5.76 Å². The van der Waals surface area contributed by atoms with Crippen molar-refractivity contribution in [2.24, 2.45) is 0 Å². The molecule has 0 unspecified atom stereocenters. The van der Waals surface area contributed by atoms with Crippen LogP contribution in [0.4, 0.5) is 0 Å². The van der Waals surface area contributed by atoms with E-state index in [2.05, 4.69) is 0 Å². The molecule has 56 valence electrons. The van der Waals surface area contributed by atoms with Crippen molar-refractivity contribution in [2.45, 2.75) is 12.2 Å². The van der Waals surface area contributed by atoms with E-state index in [0.717, 1.165) is 0 Å². The van der Waals surface area contributed by atoms with Gasteiger partial charge in [-0.25, -0.2) is 0 Å². The van der Waals surface area contributed by atoms with E-state index in [4.69, 9.17) is 14.9 Å². The van der Waals surface area contributed by atoms with Gasteiger partial charge >= 0.3 is 0 Å². The molecular weight excluding hydrogens is 132 g/mol. The maximum absolute atomic E-state index is 9.14. The van der Waals surface area contributed by atoms with Gasteiger partial charge in [0.25, 0.3) is 0 Å². The topological polar surface area (TPSA) is 49.7 Å². The fourth-order valence-electron chi connectivity index (χ4n) is 0.825. The Hall–Kier alpha value is -0.800. The first-order valence-electron chi connectivity index (χ1n) is 3.04. The van der Waals surface area contributed by atoms with Gasteiger partial charge in [0.2, 0.25) is 0 Å². The number of aliphatic hydroxyl groups excluding tert-OH is 2. The first-order chi connectivity index (χ1) is 4.75. The highest BCUT2D eigenvalue weighted by Crippen LogP contribution is 2.13. The normalized spacial score (nSPS) is 31.7. The minimum absolute atomic E-state index is 0.398. The van der Waals surface area contributed by atoms with Crippen molar-refractivity contribution in [3.05, 3.63) is 24.0 Å². The molecule has 1 rings (SSSR count). The summed E-state index contributed by atoms with van der Waals surface area (Å²) in [6, 6.07) is 0. The average Bonchev–Trinajstić information content (AvgIpc) is 1.95. The van der Waals surface area contributed by atoms with Crippen molar-refractivity contribution in [1.82, 2.24) is 0 Å². The quantitative estimate of drug-likeness (QED) is 0.533. The molecule has 0 heterocycles. The smallest absolute Gasteiger partial charge is 0.140 e. The highest BCUT2D eigenvalue weighted by Gasteiger charge is 2.20. The van der Waals surface area contributed by atoms with Crippen LogP contribution in [0.1, 0.15) is 0 Å². The standard InChI is InChI=1S/C7H10O3/c1-10-6-4-2-3-5(8)7(6)9/h2-5,7-9H,1H3/t5-,7-/m0/s1. The van der Waals surface area contributed by atoms with Crippen LogP contribution in [0.25, 0.3) is 0 Å². The summed E-state index contributed by atoms with van der Waals surface area (Å²) in [6.45, 7) is 0. The lowest BCUT2D eigenvalue weighted by molar-refractivity contribution is 0.0337. The molecule has 0 fully saturated rings. The van der Waals surface area contributed by atoms with Crippen LogP contribution in [0.3, 0.4) is 0 Å². The van der Waals surface area contributed by atoms with E-state index >= 15 is 0 Å². The van der Waals surface area contributed by atoms with Crippen molar-refractivity contribution in [3.8, 4) is 0 Å². The van der Waals surface area contributed by atoms with Crippen molar-refractivity contribution >= 4 is 0 Å². The lowest BCUT2D eigenvalue weighted by Crippen LogP contribution is -2.28. The van der Waals surface area contributed by atoms with Gasteiger partial charge in [-0.2, -0.15) is 0 Å². The molecule has 1 aliphatic rings. The molecule has 3 nitrogen and oxygen atoms in total. The largest absolute Gasteiger partial charge is 0.498 e. The maximum atomic E-state index is 9.14. The number of aliphatic hydroxyl groups is 2. The summed E-state index contributed by atoms with van der Waals surface area (Å²) in [5, 5.41) is 18.2. The molecule has 0 radical (unpaired) electrons. The molecule has 0 spiro atoms. The second-order valence-corrected chi connectivity index (χ2v) is 2.09. The van der Waals surface area contributed by atoms with Crippen LogP contribution < -0.4 is 0 Å². The fraction of sp³-hybridized carbons (Fsp3) is 0.429. The van der Waals surface area contributed by atoms with Crippen molar-refractivity contribution in [3.63, 3.8) is 0 Å². The fourth-order valence-corrected chi connectivity index (χ4v) is 0.825. The molecule has 1 aliphatic carbocycles. The molecular formula is C7H10O3. The first kappa shape index (κ1) is 7.31. The molecule has 2 N–H and O–H groups in total. The predicted octanol–water partition coefficient (Wildman–Crippen LogP) is -0.192. The van der Waals surface area contributed by atoms with Crippen molar-refractivity contribution in [2.75, 3.05) is 7.11 Å². The van der Waals surface area contributed by atoms with Gasteiger partial charge in [0.15, 0.2) is 0 Å². The van der Waals surface area contributed by atoms with Gasteiger partial charge < -0.3 is 14.9 Å². The molecule has 10 heavy (non-hydrogen) atoms. The Labute approximate surface area is 59.2 Å². The summed E-state index contributed by atoms with van der Waals surface area (Å²) in [5.41, 5.74) is 0. The predicted molar refractivity (Wildman–Crippen MR) is 36.2 cm³/mol. The van der Waals surface area contributed by atoms with E-state index in [1.54, 1.807) is 12.2 Å². The van der Waals surface area contributed by atoms with Gasteiger partial charge in [-0.3, -0.25) is 0 Å². The van der Waals surface area contributed by atoms with Crippen LogP contribution in [0.2, 0.25) is 0 Å². The zero-order chi connectivity index (χ0) is 7.56. The Morgan fingerprint density at radius 1 is 1.50 bits per heavy atom. The number of hydrogen-bond acceptors (Lipinski definition) is 3. The summed E-state index contributed by atoms with van der Waals surface area (Å²) >= 11 is 0. The molecule has 0 aromatic heterocycles. The third-order valence-corrected chi connectivity index (χ3v) is 1.42. The summed E-state index contributed by atoms with van der Waals surface area (Å²) < 4.78 is 4.77. The minimum Gasteiger partial charge on any atom is -0.498 e. The number of ether oxygens (including phenoxy) is 1. The van der Waals surface area contributed by atoms with Crippen LogP contribution in [-0.4, -0.2) is 29.5 Å². The van der Waals surface area contributed by atoms with Crippen LogP contribution in [0.15, 0.2) is 24.0 Å². The lowest BCUT2D eigenvalue weighted by atomic mass is 10.1. The summed E-state index contributed by atoms with van der Waals surface area (Å²) in [7, 11) is 1.46. The van der Waals surface area contributed by atoms with Gasteiger partial charge in [-0.05, 0) is 6.08 Å². The summed E-state index contributed by atoms with van der Waals surface area (Å²) in [4.78, 5) is 0. The average molecular weight is 142 g/mol. The molecule has 0 aromatic rings. The highest BCUT2D eigenvalue weighted by atomic mass is 16.5. The maximum Gasteiger partial charge on any atom is 0.140 e. The van der Waals surface area contributed by atoms with Gasteiger partial charge in [0.05, 0.1) is 7.11 Å². The third kappa shape index (κ3) is 1.20. The van der Waals surface area contributed by atoms with Crippen molar-refractivity contribution < 1.29 is 14.9 Å². The molecule has 0 amide bonds. The van der Waals surface area contributed by atoms with Crippen LogP contribution >= 0.6 is 0 Å². The van der Waals surface area contributed by atoms with Crippen LogP contribution in [0.5, 0.6) is 0 Å². The lowest BCUT2D eigenvalue weighted by Gasteiger charge is -2.19. The van der Waals surface area contributed by atoms with E-state index in [-0.39, 0.29) is 0 Å². The molecule has 0 bridgehead atoms. The van der Waals surface area contributed by atoms with Gasteiger partial charge in [-0.1, -0.05) is 12.2 Å².